The largest absolute Gasteiger partial charge is 0.492 e. The number of likely N-dealkylation sites (N-methyl/N-ethyl adjacent to an activating group) is 1. The first-order valence-electron chi connectivity index (χ1n) is 11.3. The molecule has 1 aliphatic heterocycles. The molecule has 0 radical (unpaired) electrons. The standard InChI is InChI=1S/C25H29N3O4S/c1-4-27(5-2)14-15-28(25-26-24-20(30-6-3)8-7-9-22(24)33-25)23(29)13-11-18-10-12-19-21(16-18)32-17-31-19/h7-13,16H,4-6,14-15,17H2,1-3H3. The SMILES string of the molecule is CCOc1cccc2sc(N(CCN(CC)CC)C(=O)C=Cc3ccc4c(c3)OCO4)nc12. The molecule has 4 rings (SSSR count). The lowest BCUT2D eigenvalue weighted by atomic mass is 10.2. The fraction of sp³-hybridized carbons (Fsp3) is 0.360. The van der Waals surface area contributed by atoms with Gasteiger partial charge in [0.15, 0.2) is 16.6 Å². The van der Waals surface area contributed by atoms with E-state index in [0.29, 0.717) is 24.0 Å². The quantitative estimate of drug-likeness (QED) is 0.399. The number of para-hydroxylation sites is 1. The van der Waals surface area contributed by atoms with Gasteiger partial charge in [0, 0.05) is 19.2 Å². The first-order valence-corrected chi connectivity index (χ1v) is 12.1. The van der Waals surface area contributed by atoms with Crippen LogP contribution in [0.4, 0.5) is 5.13 Å². The Kier molecular flexibility index (Phi) is 7.47. The van der Waals surface area contributed by atoms with Gasteiger partial charge in [-0.1, -0.05) is 37.3 Å². The predicted molar refractivity (Wildman–Crippen MR) is 133 cm³/mol. The first kappa shape index (κ1) is 23.1. The van der Waals surface area contributed by atoms with Crippen molar-refractivity contribution in [2.45, 2.75) is 20.8 Å². The van der Waals surface area contributed by atoms with Crippen LogP contribution in [0.3, 0.4) is 0 Å². The number of thiazole rings is 1. The molecule has 0 saturated heterocycles. The van der Waals surface area contributed by atoms with Gasteiger partial charge in [0.1, 0.15) is 11.3 Å². The third kappa shape index (κ3) is 5.29. The summed E-state index contributed by atoms with van der Waals surface area (Å²) in [5, 5.41) is 0.671. The van der Waals surface area contributed by atoms with Gasteiger partial charge in [-0.25, -0.2) is 4.98 Å². The van der Waals surface area contributed by atoms with E-state index < -0.39 is 0 Å². The fourth-order valence-electron chi connectivity index (χ4n) is 3.65. The van der Waals surface area contributed by atoms with Crippen LogP contribution in [0.5, 0.6) is 17.2 Å². The van der Waals surface area contributed by atoms with Gasteiger partial charge in [0.2, 0.25) is 6.79 Å². The summed E-state index contributed by atoms with van der Waals surface area (Å²) in [4.78, 5) is 22.2. The molecule has 0 unspecified atom stereocenters. The van der Waals surface area contributed by atoms with Gasteiger partial charge in [-0.2, -0.15) is 0 Å². The number of benzene rings is 2. The topological polar surface area (TPSA) is 64.1 Å². The number of amides is 1. The van der Waals surface area contributed by atoms with Crippen molar-refractivity contribution in [2.75, 3.05) is 44.5 Å². The third-order valence-electron chi connectivity index (χ3n) is 5.52. The number of ether oxygens (including phenoxy) is 3. The summed E-state index contributed by atoms with van der Waals surface area (Å²) >= 11 is 1.50. The summed E-state index contributed by atoms with van der Waals surface area (Å²) in [6.45, 7) is 10.2. The molecule has 1 aliphatic rings. The lowest BCUT2D eigenvalue weighted by molar-refractivity contribution is -0.114. The van der Waals surface area contributed by atoms with Crippen molar-refractivity contribution in [3.8, 4) is 17.2 Å². The molecule has 0 atom stereocenters. The zero-order chi connectivity index (χ0) is 23.2. The van der Waals surface area contributed by atoms with E-state index in [-0.39, 0.29) is 12.7 Å². The van der Waals surface area contributed by atoms with E-state index >= 15 is 0 Å². The Morgan fingerprint density at radius 3 is 2.73 bits per heavy atom. The van der Waals surface area contributed by atoms with Crippen molar-refractivity contribution in [3.05, 3.63) is 48.0 Å². The van der Waals surface area contributed by atoms with E-state index in [4.69, 9.17) is 19.2 Å². The molecule has 0 N–H and O–H groups in total. The highest BCUT2D eigenvalue weighted by atomic mass is 32.1. The minimum absolute atomic E-state index is 0.114. The Labute approximate surface area is 198 Å². The first-order chi connectivity index (χ1) is 16.1. The van der Waals surface area contributed by atoms with Crippen LogP contribution in [-0.2, 0) is 4.79 Å². The Bertz CT molecular complexity index is 1140. The van der Waals surface area contributed by atoms with Crippen LogP contribution in [-0.4, -0.2) is 55.4 Å². The zero-order valence-corrected chi connectivity index (χ0v) is 20.1. The third-order valence-corrected chi connectivity index (χ3v) is 6.56. The molecule has 0 fully saturated rings. The molecule has 174 valence electrons. The molecule has 0 saturated carbocycles. The maximum Gasteiger partial charge on any atom is 0.252 e. The highest BCUT2D eigenvalue weighted by molar-refractivity contribution is 7.22. The van der Waals surface area contributed by atoms with E-state index in [2.05, 4.69) is 18.7 Å². The second-order valence-electron chi connectivity index (χ2n) is 7.50. The minimum atomic E-state index is -0.114. The van der Waals surface area contributed by atoms with Crippen LogP contribution in [0.15, 0.2) is 42.5 Å². The molecule has 7 nitrogen and oxygen atoms in total. The highest BCUT2D eigenvalue weighted by Gasteiger charge is 2.20. The van der Waals surface area contributed by atoms with E-state index in [9.17, 15) is 4.79 Å². The molecule has 8 heteroatoms. The summed E-state index contributed by atoms with van der Waals surface area (Å²) in [5.41, 5.74) is 1.67. The number of carbonyl (C=O) groups is 1. The molecular formula is C25H29N3O4S. The number of hydrogen-bond donors (Lipinski definition) is 0. The number of fused-ring (bicyclic) bond motifs is 2. The van der Waals surface area contributed by atoms with Gasteiger partial charge in [-0.3, -0.25) is 9.69 Å². The van der Waals surface area contributed by atoms with Crippen molar-refractivity contribution in [3.63, 3.8) is 0 Å². The van der Waals surface area contributed by atoms with E-state index in [1.54, 1.807) is 17.1 Å². The average molecular weight is 468 g/mol. The summed E-state index contributed by atoms with van der Waals surface area (Å²) < 4.78 is 17.5. The monoisotopic (exact) mass is 467 g/mol. The smallest absolute Gasteiger partial charge is 0.252 e. The van der Waals surface area contributed by atoms with E-state index in [0.717, 1.165) is 46.9 Å². The number of rotatable bonds is 10. The predicted octanol–water partition coefficient (Wildman–Crippen LogP) is 4.81. The van der Waals surface area contributed by atoms with Gasteiger partial charge >= 0.3 is 0 Å². The Hall–Kier alpha value is -3.10. The van der Waals surface area contributed by atoms with Crippen LogP contribution in [0.25, 0.3) is 16.3 Å². The molecule has 0 spiro atoms. The Morgan fingerprint density at radius 1 is 1.12 bits per heavy atom. The second-order valence-corrected chi connectivity index (χ2v) is 8.50. The molecular weight excluding hydrogens is 438 g/mol. The fourth-order valence-corrected chi connectivity index (χ4v) is 4.67. The van der Waals surface area contributed by atoms with Crippen LogP contribution in [0.1, 0.15) is 26.3 Å². The van der Waals surface area contributed by atoms with Crippen molar-refractivity contribution >= 4 is 38.7 Å². The molecule has 2 heterocycles. The van der Waals surface area contributed by atoms with Crippen LogP contribution >= 0.6 is 11.3 Å². The highest BCUT2D eigenvalue weighted by Crippen LogP contribution is 2.35. The molecule has 0 bridgehead atoms. The van der Waals surface area contributed by atoms with Gasteiger partial charge in [0.25, 0.3) is 5.91 Å². The number of aromatic nitrogens is 1. The summed E-state index contributed by atoms with van der Waals surface area (Å²) in [6, 6.07) is 11.5. The number of hydrogen-bond acceptors (Lipinski definition) is 7. The number of nitrogens with zero attached hydrogens (tertiary/aromatic N) is 3. The zero-order valence-electron chi connectivity index (χ0n) is 19.2. The summed E-state index contributed by atoms with van der Waals surface area (Å²) in [7, 11) is 0. The van der Waals surface area contributed by atoms with Gasteiger partial charge in [-0.15, -0.1) is 0 Å². The molecule has 0 aliphatic carbocycles. The van der Waals surface area contributed by atoms with Crippen molar-refractivity contribution in [1.82, 2.24) is 9.88 Å². The second kappa shape index (κ2) is 10.7. The Balaban J connectivity index is 1.60. The van der Waals surface area contributed by atoms with E-state index in [1.807, 2.05) is 43.3 Å². The van der Waals surface area contributed by atoms with E-state index in [1.165, 1.54) is 11.3 Å². The number of anilines is 1. The summed E-state index contributed by atoms with van der Waals surface area (Å²) in [5.74, 6) is 2.04. The van der Waals surface area contributed by atoms with Crippen LogP contribution in [0.2, 0.25) is 0 Å². The average Bonchev–Trinajstić information content (AvgIpc) is 3.47. The van der Waals surface area contributed by atoms with Crippen molar-refractivity contribution in [1.29, 1.82) is 0 Å². The maximum absolute atomic E-state index is 13.3. The maximum atomic E-state index is 13.3. The minimum Gasteiger partial charge on any atom is -0.492 e. The van der Waals surface area contributed by atoms with Crippen molar-refractivity contribution < 1.29 is 19.0 Å². The number of carbonyl (C=O) groups excluding carboxylic acids is 1. The van der Waals surface area contributed by atoms with Crippen molar-refractivity contribution in [2.24, 2.45) is 0 Å². The lowest BCUT2D eigenvalue weighted by Gasteiger charge is -2.23. The molecule has 1 amide bonds. The van der Waals surface area contributed by atoms with Gasteiger partial charge in [0.05, 0.1) is 11.3 Å². The normalized spacial score (nSPS) is 12.7. The van der Waals surface area contributed by atoms with Crippen LogP contribution < -0.4 is 19.1 Å². The van der Waals surface area contributed by atoms with Gasteiger partial charge in [-0.05, 0) is 55.9 Å². The molecule has 33 heavy (non-hydrogen) atoms. The van der Waals surface area contributed by atoms with Gasteiger partial charge < -0.3 is 19.1 Å². The molecule has 1 aromatic heterocycles. The Morgan fingerprint density at radius 2 is 1.94 bits per heavy atom. The van der Waals surface area contributed by atoms with Crippen LogP contribution in [0, 0.1) is 0 Å². The lowest BCUT2D eigenvalue weighted by Crippen LogP contribution is -2.38. The summed E-state index contributed by atoms with van der Waals surface area (Å²) in [6.07, 6.45) is 3.39. The molecule has 2 aromatic carbocycles. The molecule has 3 aromatic rings.